The molecule has 28 heavy (non-hydrogen) atoms. The van der Waals surface area contributed by atoms with E-state index in [0.29, 0.717) is 18.7 Å². The van der Waals surface area contributed by atoms with E-state index >= 15 is 0 Å². The van der Waals surface area contributed by atoms with Gasteiger partial charge in [-0.2, -0.15) is 0 Å². The van der Waals surface area contributed by atoms with Crippen LogP contribution in [0.15, 0.2) is 42.5 Å². The minimum Gasteiger partial charge on any atom is -0.497 e. The van der Waals surface area contributed by atoms with Gasteiger partial charge in [-0.05, 0) is 67.6 Å². The molecule has 1 saturated heterocycles. The number of benzene rings is 2. The molecule has 0 saturated carbocycles. The van der Waals surface area contributed by atoms with Crippen molar-refractivity contribution in [3.05, 3.63) is 53.6 Å². The molecule has 0 spiro atoms. The van der Waals surface area contributed by atoms with Crippen molar-refractivity contribution in [2.24, 2.45) is 0 Å². The molecule has 3 rings (SSSR count). The van der Waals surface area contributed by atoms with E-state index in [1.807, 2.05) is 54.3 Å². The van der Waals surface area contributed by atoms with Gasteiger partial charge in [0, 0.05) is 30.9 Å². The average molecular weight is 381 g/mol. The number of nitrogens with zero attached hydrogens (tertiary/aromatic N) is 1. The third-order valence-electron chi connectivity index (χ3n) is 4.93. The number of aryl methyl sites for hydroxylation is 1. The van der Waals surface area contributed by atoms with E-state index in [4.69, 9.17) is 4.74 Å². The second-order valence-corrected chi connectivity index (χ2v) is 6.98. The number of carbonyl (C=O) groups is 2. The van der Waals surface area contributed by atoms with Crippen LogP contribution in [-0.4, -0.2) is 32.1 Å². The number of amides is 3. The second-order valence-electron chi connectivity index (χ2n) is 6.98. The molecule has 0 atom stereocenters. The van der Waals surface area contributed by atoms with Gasteiger partial charge >= 0.3 is 6.03 Å². The monoisotopic (exact) mass is 381 g/mol. The number of hydrogen-bond acceptors (Lipinski definition) is 3. The van der Waals surface area contributed by atoms with Crippen molar-refractivity contribution in [3.8, 4) is 5.75 Å². The molecule has 0 aromatic heterocycles. The van der Waals surface area contributed by atoms with Gasteiger partial charge in [-0.1, -0.05) is 12.1 Å². The lowest BCUT2D eigenvalue weighted by Crippen LogP contribution is -2.35. The fraction of sp³-hybridized carbons (Fsp3) is 0.364. The third kappa shape index (κ3) is 5.03. The molecule has 1 heterocycles. The molecule has 2 aromatic rings. The first kappa shape index (κ1) is 19.7. The standard InChI is InChI=1S/C22H27N3O3/c1-16-15-18(8-11-20(16)25-14-4-3-5-21(25)26)24-22(27)23-13-12-17-6-9-19(28-2)10-7-17/h6-11,15H,3-5,12-14H2,1-2H3,(H2,23,24,27). The average Bonchev–Trinajstić information content (AvgIpc) is 2.69. The molecule has 1 fully saturated rings. The van der Waals surface area contributed by atoms with E-state index in [1.54, 1.807) is 7.11 Å². The van der Waals surface area contributed by atoms with E-state index in [-0.39, 0.29) is 11.9 Å². The van der Waals surface area contributed by atoms with Gasteiger partial charge in [-0.15, -0.1) is 0 Å². The fourth-order valence-electron chi connectivity index (χ4n) is 3.38. The highest BCUT2D eigenvalue weighted by molar-refractivity contribution is 5.95. The highest BCUT2D eigenvalue weighted by Crippen LogP contribution is 2.27. The summed E-state index contributed by atoms with van der Waals surface area (Å²) in [7, 11) is 1.64. The molecular weight excluding hydrogens is 354 g/mol. The topological polar surface area (TPSA) is 70.7 Å². The summed E-state index contributed by atoms with van der Waals surface area (Å²) >= 11 is 0. The number of urea groups is 1. The van der Waals surface area contributed by atoms with E-state index in [9.17, 15) is 9.59 Å². The van der Waals surface area contributed by atoms with Gasteiger partial charge in [0.05, 0.1) is 7.11 Å². The Morgan fingerprint density at radius 1 is 1.14 bits per heavy atom. The van der Waals surface area contributed by atoms with Crippen LogP contribution in [0.4, 0.5) is 16.2 Å². The molecule has 0 unspecified atom stereocenters. The SMILES string of the molecule is COc1ccc(CCNC(=O)Nc2ccc(N3CCCCC3=O)c(C)c2)cc1. The predicted octanol–water partition coefficient (Wildman–Crippen LogP) is 3.88. The largest absolute Gasteiger partial charge is 0.497 e. The molecule has 1 aliphatic rings. The van der Waals surface area contributed by atoms with Crippen LogP contribution in [0, 0.1) is 6.92 Å². The Hall–Kier alpha value is -3.02. The van der Waals surface area contributed by atoms with Gasteiger partial charge in [0.25, 0.3) is 0 Å². The summed E-state index contributed by atoms with van der Waals surface area (Å²) in [6, 6.07) is 13.2. The molecule has 0 bridgehead atoms. The maximum Gasteiger partial charge on any atom is 0.319 e. The summed E-state index contributed by atoms with van der Waals surface area (Å²) in [4.78, 5) is 26.1. The molecule has 3 amide bonds. The van der Waals surface area contributed by atoms with Gasteiger partial charge < -0.3 is 20.3 Å². The molecule has 2 N–H and O–H groups in total. The number of hydrogen-bond donors (Lipinski definition) is 2. The predicted molar refractivity (Wildman–Crippen MR) is 111 cm³/mol. The lowest BCUT2D eigenvalue weighted by atomic mass is 10.1. The molecular formula is C22H27N3O3. The zero-order chi connectivity index (χ0) is 19.9. The van der Waals surface area contributed by atoms with Gasteiger partial charge in [-0.3, -0.25) is 4.79 Å². The highest BCUT2D eigenvalue weighted by atomic mass is 16.5. The van der Waals surface area contributed by atoms with Crippen LogP contribution in [0.25, 0.3) is 0 Å². The Kier molecular flexibility index (Phi) is 6.53. The lowest BCUT2D eigenvalue weighted by molar-refractivity contribution is -0.119. The molecule has 0 radical (unpaired) electrons. The first-order valence-corrected chi connectivity index (χ1v) is 9.65. The molecule has 2 aromatic carbocycles. The number of methoxy groups -OCH3 is 1. The first-order valence-electron chi connectivity index (χ1n) is 9.65. The van der Waals surface area contributed by atoms with E-state index in [2.05, 4.69) is 10.6 Å². The van der Waals surface area contributed by atoms with Crippen molar-refractivity contribution >= 4 is 23.3 Å². The van der Waals surface area contributed by atoms with Crippen LogP contribution in [0.2, 0.25) is 0 Å². The lowest BCUT2D eigenvalue weighted by Gasteiger charge is -2.28. The minimum atomic E-state index is -0.241. The normalized spacial score (nSPS) is 13.9. The van der Waals surface area contributed by atoms with Crippen molar-refractivity contribution in [2.45, 2.75) is 32.6 Å². The summed E-state index contributed by atoms with van der Waals surface area (Å²) in [5.74, 6) is 0.992. The van der Waals surface area contributed by atoms with Crippen LogP contribution in [0.1, 0.15) is 30.4 Å². The van der Waals surface area contributed by atoms with E-state index in [1.165, 1.54) is 0 Å². The Balaban J connectivity index is 1.50. The van der Waals surface area contributed by atoms with Gasteiger partial charge in [0.1, 0.15) is 5.75 Å². The van der Waals surface area contributed by atoms with Crippen LogP contribution in [-0.2, 0) is 11.2 Å². The zero-order valence-electron chi connectivity index (χ0n) is 16.5. The van der Waals surface area contributed by atoms with Crippen molar-refractivity contribution in [3.63, 3.8) is 0 Å². The quantitative estimate of drug-likeness (QED) is 0.798. The summed E-state index contributed by atoms with van der Waals surface area (Å²) in [5.41, 5.74) is 3.75. The maximum absolute atomic E-state index is 12.1. The summed E-state index contributed by atoms with van der Waals surface area (Å²) in [5, 5.41) is 5.72. The van der Waals surface area contributed by atoms with Crippen LogP contribution < -0.4 is 20.3 Å². The molecule has 148 valence electrons. The summed E-state index contributed by atoms with van der Waals surface area (Å²) in [6.07, 6.45) is 3.34. The molecule has 6 heteroatoms. The third-order valence-corrected chi connectivity index (χ3v) is 4.93. The number of nitrogens with one attached hydrogen (secondary N) is 2. The zero-order valence-corrected chi connectivity index (χ0v) is 16.5. The Morgan fingerprint density at radius 3 is 2.61 bits per heavy atom. The number of carbonyl (C=O) groups excluding carboxylic acids is 2. The number of anilines is 2. The number of ether oxygens (including phenoxy) is 1. The summed E-state index contributed by atoms with van der Waals surface area (Å²) < 4.78 is 5.14. The van der Waals surface area contributed by atoms with Gasteiger partial charge in [-0.25, -0.2) is 4.79 Å². The van der Waals surface area contributed by atoms with Gasteiger partial charge in [0.2, 0.25) is 5.91 Å². The first-order chi connectivity index (χ1) is 13.6. The number of piperidine rings is 1. The molecule has 1 aliphatic heterocycles. The Bertz CT molecular complexity index is 833. The van der Waals surface area contributed by atoms with Crippen LogP contribution >= 0.6 is 0 Å². The van der Waals surface area contributed by atoms with Crippen LogP contribution in [0.3, 0.4) is 0 Å². The van der Waals surface area contributed by atoms with E-state index in [0.717, 1.165) is 48.4 Å². The van der Waals surface area contributed by atoms with E-state index < -0.39 is 0 Å². The Labute approximate surface area is 165 Å². The Morgan fingerprint density at radius 2 is 1.93 bits per heavy atom. The van der Waals surface area contributed by atoms with Crippen molar-refractivity contribution in [1.82, 2.24) is 5.32 Å². The van der Waals surface area contributed by atoms with Crippen LogP contribution in [0.5, 0.6) is 5.75 Å². The van der Waals surface area contributed by atoms with Crippen molar-refractivity contribution in [1.29, 1.82) is 0 Å². The second kappa shape index (κ2) is 9.26. The maximum atomic E-state index is 12.1. The van der Waals surface area contributed by atoms with Gasteiger partial charge in [0.15, 0.2) is 0 Å². The fourth-order valence-corrected chi connectivity index (χ4v) is 3.38. The summed E-state index contributed by atoms with van der Waals surface area (Å²) in [6.45, 7) is 3.26. The molecule has 0 aliphatic carbocycles. The number of rotatable bonds is 6. The highest BCUT2D eigenvalue weighted by Gasteiger charge is 2.21. The van der Waals surface area contributed by atoms with Crippen molar-refractivity contribution in [2.75, 3.05) is 30.4 Å². The molecule has 6 nitrogen and oxygen atoms in total. The smallest absolute Gasteiger partial charge is 0.319 e. The van der Waals surface area contributed by atoms with Crippen molar-refractivity contribution < 1.29 is 14.3 Å². The minimum absolute atomic E-state index is 0.173.